The van der Waals surface area contributed by atoms with Crippen molar-refractivity contribution in [3.05, 3.63) is 35.4 Å². The van der Waals surface area contributed by atoms with Crippen LogP contribution in [0.1, 0.15) is 54.4 Å². The Kier molecular flexibility index (Phi) is 5.51. The number of hydrogen-bond acceptors (Lipinski definition) is 4. The second kappa shape index (κ2) is 7.16. The van der Waals surface area contributed by atoms with E-state index in [4.69, 9.17) is 5.73 Å². The molecule has 4 N–H and O–H groups in total. The van der Waals surface area contributed by atoms with Crippen molar-refractivity contribution in [3.63, 3.8) is 0 Å². The van der Waals surface area contributed by atoms with E-state index < -0.39 is 11.7 Å². The molecule has 1 saturated carbocycles. The molecule has 1 aliphatic rings. The number of aliphatic hydroxyl groups excluding tert-OH is 1. The van der Waals surface area contributed by atoms with Gasteiger partial charge in [0.25, 0.3) is 0 Å². The Bertz CT molecular complexity index is 481. The smallest absolute Gasteiger partial charge is 0.165 e. The highest BCUT2D eigenvalue weighted by atomic mass is 16.3. The average molecular weight is 291 g/mol. The molecule has 0 spiro atoms. The highest BCUT2D eigenvalue weighted by Crippen LogP contribution is 2.32. The van der Waals surface area contributed by atoms with Crippen LogP contribution in [0.3, 0.4) is 0 Å². The van der Waals surface area contributed by atoms with Crippen LogP contribution < -0.4 is 5.73 Å². The number of aliphatic hydroxyl groups is 2. The van der Waals surface area contributed by atoms with Gasteiger partial charge in [0, 0.05) is 18.5 Å². The lowest BCUT2D eigenvalue weighted by molar-refractivity contribution is 0.000325. The summed E-state index contributed by atoms with van der Waals surface area (Å²) in [6.45, 7) is 0.206. The molecule has 1 aromatic rings. The maximum absolute atomic E-state index is 12.4. The molecule has 21 heavy (non-hydrogen) atoms. The summed E-state index contributed by atoms with van der Waals surface area (Å²) >= 11 is 0. The molecule has 2 rings (SSSR count). The molecule has 116 valence electrons. The Hall–Kier alpha value is -1.23. The van der Waals surface area contributed by atoms with E-state index >= 15 is 0 Å². The molecule has 1 unspecified atom stereocenters. The summed E-state index contributed by atoms with van der Waals surface area (Å²) < 4.78 is 0. The van der Waals surface area contributed by atoms with E-state index in [0.717, 1.165) is 24.8 Å². The molecule has 0 aromatic heterocycles. The monoisotopic (exact) mass is 291 g/mol. The van der Waals surface area contributed by atoms with Crippen LogP contribution in [0, 0.1) is 0 Å². The van der Waals surface area contributed by atoms with Crippen LogP contribution in [-0.4, -0.2) is 34.2 Å². The van der Waals surface area contributed by atoms with E-state index in [1.54, 1.807) is 12.1 Å². The molecular formula is C17H25NO3. The van der Waals surface area contributed by atoms with Crippen molar-refractivity contribution in [2.45, 2.75) is 56.7 Å². The van der Waals surface area contributed by atoms with Gasteiger partial charge in [-0.2, -0.15) is 0 Å². The van der Waals surface area contributed by atoms with Crippen molar-refractivity contribution in [3.8, 4) is 0 Å². The highest BCUT2D eigenvalue weighted by Gasteiger charge is 2.31. The zero-order valence-corrected chi connectivity index (χ0v) is 12.4. The van der Waals surface area contributed by atoms with E-state index in [0.29, 0.717) is 24.8 Å². The van der Waals surface area contributed by atoms with Crippen LogP contribution in [-0.2, 0) is 6.42 Å². The number of ketones is 1. The van der Waals surface area contributed by atoms with Gasteiger partial charge in [-0.05, 0) is 30.9 Å². The molecular weight excluding hydrogens is 266 g/mol. The number of nitrogens with two attached hydrogens (primary N) is 1. The fourth-order valence-corrected chi connectivity index (χ4v) is 3.01. The Morgan fingerprint density at radius 2 is 2.00 bits per heavy atom. The molecule has 0 saturated heterocycles. The van der Waals surface area contributed by atoms with Gasteiger partial charge in [-0.25, -0.2) is 0 Å². The van der Waals surface area contributed by atoms with Gasteiger partial charge < -0.3 is 15.9 Å². The van der Waals surface area contributed by atoms with Crippen LogP contribution in [0.4, 0.5) is 0 Å². The van der Waals surface area contributed by atoms with E-state index in [1.807, 2.05) is 12.1 Å². The number of carbonyl (C=O) groups excluding carboxylic acids is 1. The van der Waals surface area contributed by atoms with Crippen LogP contribution in [0.15, 0.2) is 24.3 Å². The lowest BCUT2D eigenvalue weighted by Crippen LogP contribution is -2.34. The predicted octanol–water partition coefficient (Wildman–Crippen LogP) is 1.82. The Morgan fingerprint density at radius 3 is 2.67 bits per heavy atom. The summed E-state index contributed by atoms with van der Waals surface area (Å²) in [4.78, 5) is 12.4. The van der Waals surface area contributed by atoms with E-state index in [9.17, 15) is 15.0 Å². The fraction of sp³-hybridized carbons (Fsp3) is 0.588. The van der Waals surface area contributed by atoms with Crippen LogP contribution in [0.5, 0.6) is 0 Å². The third-order valence-corrected chi connectivity index (χ3v) is 4.27. The first-order valence-corrected chi connectivity index (χ1v) is 7.75. The topological polar surface area (TPSA) is 83.5 Å². The molecule has 4 heteroatoms. The Labute approximate surface area is 126 Å². The quantitative estimate of drug-likeness (QED) is 0.698. The molecule has 1 fully saturated rings. The zero-order valence-electron chi connectivity index (χ0n) is 12.4. The number of rotatable bonds is 6. The lowest BCUT2D eigenvalue weighted by Gasteiger charge is -2.31. The SMILES string of the molecule is NCC(O)Cc1cccc(C(=O)CC2(O)CCCCC2)c1. The van der Waals surface area contributed by atoms with E-state index in [2.05, 4.69) is 0 Å². The van der Waals surface area contributed by atoms with Crippen molar-refractivity contribution in [1.29, 1.82) is 0 Å². The third kappa shape index (κ3) is 4.63. The molecule has 0 bridgehead atoms. The van der Waals surface area contributed by atoms with Crippen molar-refractivity contribution < 1.29 is 15.0 Å². The minimum absolute atomic E-state index is 0.0245. The van der Waals surface area contributed by atoms with Gasteiger partial charge in [0.05, 0.1) is 11.7 Å². The molecule has 4 nitrogen and oxygen atoms in total. The Morgan fingerprint density at radius 1 is 1.29 bits per heavy atom. The molecule has 0 amide bonds. The minimum atomic E-state index is -0.831. The third-order valence-electron chi connectivity index (χ3n) is 4.27. The van der Waals surface area contributed by atoms with Crippen molar-refractivity contribution in [1.82, 2.24) is 0 Å². The standard InChI is InChI=1S/C17H25NO3/c18-12-15(19)10-13-5-4-6-14(9-13)16(20)11-17(21)7-2-1-3-8-17/h4-6,9,15,19,21H,1-3,7-8,10-12,18H2. The summed E-state index contributed by atoms with van der Waals surface area (Å²) in [5.74, 6) is -0.0245. The molecule has 1 aliphatic carbocycles. The molecule has 1 atom stereocenters. The van der Waals surface area contributed by atoms with Crippen LogP contribution >= 0.6 is 0 Å². The van der Waals surface area contributed by atoms with E-state index in [-0.39, 0.29) is 18.7 Å². The number of hydrogen-bond donors (Lipinski definition) is 3. The summed E-state index contributed by atoms with van der Waals surface area (Å²) in [5, 5.41) is 20.1. The maximum atomic E-state index is 12.4. The minimum Gasteiger partial charge on any atom is -0.391 e. The largest absolute Gasteiger partial charge is 0.391 e. The van der Waals surface area contributed by atoms with Gasteiger partial charge in [-0.15, -0.1) is 0 Å². The van der Waals surface area contributed by atoms with Gasteiger partial charge in [0.15, 0.2) is 5.78 Å². The Balaban J connectivity index is 2.03. The number of carbonyl (C=O) groups is 1. The molecule has 0 radical (unpaired) electrons. The van der Waals surface area contributed by atoms with Gasteiger partial charge in [0.2, 0.25) is 0 Å². The number of Topliss-reactive ketones (excluding diaryl/α,β-unsaturated/α-hetero) is 1. The normalized spacial score (nSPS) is 19.2. The summed E-state index contributed by atoms with van der Waals surface area (Å²) in [6, 6.07) is 7.27. The summed E-state index contributed by atoms with van der Waals surface area (Å²) in [6.07, 6.45) is 4.60. The van der Waals surface area contributed by atoms with Crippen molar-refractivity contribution >= 4 is 5.78 Å². The zero-order chi connectivity index (χ0) is 15.3. The van der Waals surface area contributed by atoms with Crippen molar-refractivity contribution in [2.24, 2.45) is 5.73 Å². The average Bonchev–Trinajstić information content (AvgIpc) is 2.47. The maximum Gasteiger partial charge on any atom is 0.165 e. The van der Waals surface area contributed by atoms with Gasteiger partial charge >= 0.3 is 0 Å². The van der Waals surface area contributed by atoms with Gasteiger partial charge in [0.1, 0.15) is 0 Å². The molecule has 0 heterocycles. The van der Waals surface area contributed by atoms with Gasteiger partial charge in [-0.1, -0.05) is 37.5 Å². The second-order valence-electron chi connectivity index (χ2n) is 6.18. The highest BCUT2D eigenvalue weighted by molar-refractivity contribution is 5.96. The first kappa shape index (κ1) is 16.1. The molecule has 1 aromatic carbocycles. The first-order chi connectivity index (χ1) is 10.0. The fourth-order valence-electron chi connectivity index (χ4n) is 3.01. The van der Waals surface area contributed by atoms with Crippen LogP contribution in [0.2, 0.25) is 0 Å². The summed E-state index contributed by atoms with van der Waals surface area (Å²) in [5.41, 5.74) is 6.08. The number of benzene rings is 1. The second-order valence-corrected chi connectivity index (χ2v) is 6.18. The summed E-state index contributed by atoms with van der Waals surface area (Å²) in [7, 11) is 0. The lowest BCUT2D eigenvalue weighted by atomic mass is 9.80. The van der Waals surface area contributed by atoms with Gasteiger partial charge in [-0.3, -0.25) is 4.79 Å². The predicted molar refractivity (Wildman–Crippen MR) is 82.2 cm³/mol. The van der Waals surface area contributed by atoms with E-state index in [1.165, 1.54) is 0 Å². The van der Waals surface area contributed by atoms with Crippen LogP contribution in [0.25, 0.3) is 0 Å². The van der Waals surface area contributed by atoms with Crippen molar-refractivity contribution in [2.75, 3.05) is 6.54 Å². The first-order valence-electron chi connectivity index (χ1n) is 7.75. The molecule has 0 aliphatic heterocycles.